The van der Waals surface area contributed by atoms with Crippen LogP contribution in [0.1, 0.15) is 0 Å². The molecule has 8 heteroatoms. The minimum atomic E-state index is -0.928. The highest BCUT2D eigenvalue weighted by Crippen LogP contribution is 2.28. The van der Waals surface area contributed by atoms with E-state index < -0.39 is 17.5 Å². The summed E-state index contributed by atoms with van der Waals surface area (Å²) < 4.78 is 41.8. The summed E-state index contributed by atoms with van der Waals surface area (Å²) in [4.78, 5) is 0.492. The molecule has 2 aromatic heterocycles. The van der Waals surface area contributed by atoms with Gasteiger partial charge in [-0.1, -0.05) is 23.9 Å². The van der Waals surface area contributed by atoms with Gasteiger partial charge in [-0.2, -0.15) is 9.61 Å². The topological polar surface area (TPSA) is 43.1 Å². The quantitative estimate of drug-likeness (QED) is 0.546. The maximum absolute atomic E-state index is 14.0. The van der Waals surface area contributed by atoms with E-state index in [2.05, 4.69) is 15.3 Å². The van der Waals surface area contributed by atoms with Crippen LogP contribution in [0.25, 0.3) is 17.0 Å². The molecule has 0 saturated carbocycles. The van der Waals surface area contributed by atoms with Crippen LogP contribution in [0.2, 0.25) is 0 Å². The molecule has 0 bridgehead atoms. The molecule has 4 nitrogen and oxygen atoms in total. The smallest absolute Gasteiger partial charge is 0.188 e. The third kappa shape index (κ3) is 2.96. The minimum Gasteiger partial charge on any atom is -0.206 e. The van der Waals surface area contributed by atoms with Crippen molar-refractivity contribution in [2.45, 2.75) is 9.92 Å². The molecular formula is C17H9F3N4S. The summed E-state index contributed by atoms with van der Waals surface area (Å²) in [5.41, 5.74) is 0.727. The van der Waals surface area contributed by atoms with Gasteiger partial charge in [-0.25, -0.2) is 13.2 Å². The summed E-state index contributed by atoms with van der Waals surface area (Å²) in [7, 11) is 0. The molecule has 0 aliphatic carbocycles. The van der Waals surface area contributed by atoms with Gasteiger partial charge in [0.25, 0.3) is 0 Å². The summed E-state index contributed by atoms with van der Waals surface area (Å²) in [6.07, 6.45) is 0. The van der Waals surface area contributed by atoms with Crippen LogP contribution >= 0.6 is 11.8 Å². The average molecular weight is 358 g/mol. The van der Waals surface area contributed by atoms with Gasteiger partial charge in [0.15, 0.2) is 23.1 Å². The van der Waals surface area contributed by atoms with Crippen LogP contribution in [0.15, 0.2) is 64.5 Å². The fourth-order valence-electron chi connectivity index (χ4n) is 2.30. The largest absolute Gasteiger partial charge is 0.206 e. The lowest BCUT2D eigenvalue weighted by Crippen LogP contribution is -1.97. The second kappa shape index (κ2) is 6.21. The first-order valence-electron chi connectivity index (χ1n) is 7.22. The molecule has 0 spiro atoms. The first kappa shape index (κ1) is 15.6. The third-order valence-electron chi connectivity index (χ3n) is 3.47. The number of aromatic nitrogens is 4. The lowest BCUT2D eigenvalue weighted by Gasteiger charge is -2.04. The number of hydrogen-bond donors (Lipinski definition) is 0. The molecule has 124 valence electrons. The molecule has 0 atom stereocenters. The Morgan fingerprint density at radius 3 is 2.44 bits per heavy atom. The minimum absolute atomic E-state index is 0.265. The molecule has 2 aromatic carbocycles. The lowest BCUT2D eigenvalue weighted by molar-refractivity contribution is 0.506. The van der Waals surface area contributed by atoms with Crippen LogP contribution in [-0.2, 0) is 0 Å². The van der Waals surface area contributed by atoms with Gasteiger partial charge in [0.1, 0.15) is 10.8 Å². The van der Waals surface area contributed by atoms with Crippen LogP contribution in [0.3, 0.4) is 0 Å². The van der Waals surface area contributed by atoms with Gasteiger partial charge in [0, 0.05) is 4.90 Å². The molecule has 0 saturated heterocycles. The van der Waals surface area contributed by atoms with Crippen LogP contribution in [-0.4, -0.2) is 19.8 Å². The first-order chi connectivity index (χ1) is 12.1. The molecule has 2 heterocycles. The van der Waals surface area contributed by atoms with Gasteiger partial charge < -0.3 is 0 Å². The summed E-state index contributed by atoms with van der Waals surface area (Å²) in [6, 6.07) is 13.2. The fourth-order valence-corrected chi connectivity index (χ4v) is 3.10. The highest BCUT2D eigenvalue weighted by Gasteiger charge is 2.14. The standard InChI is InChI=1S/C17H9F3N4S/c18-12-4-2-1-3-11(12)17-22-21-15-7-8-16(23-24(15)17)25-10-5-6-13(19)14(20)9-10/h1-9H. The molecule has 25 heavy (non-hydrogen) atoms. The maximum atomic E-state index is 14.0. The van der Waals surface area contributed by atoms with Crippen molar-refractivity contribution in [3.63, 3.8) is 0 Å². The summed E-state index contributed by atoms with van der Waals surface area (Å²) in [5, 5.41) is 12.8. The Labute approximate surface area is 144 Å². The normalized spacial score (nSPS) is 11.2. The summed E-state index contributed by atoms with van der Waals surface area (Å²) >= 11 is 1.15. The van der Waals surface area contributed by atoms with E-state index in [1.165, 1.54) is 16.6 Å². The van der Waals surface area contributed by atoms with E-state index in [9.17, 15) is 13.2 Å². The van der Waals surface area contributed by atoms with Crippen LogP contribution < -0.4 is 0 Å². The van der Waals surface area contributed by atoms with E-state index in [-0.39, 0.29) is 11.4 Å². The predicted octanol–water partition coefficient (Wildman–Crippen LogP) is 4.36. The SMILES string of the molecule is Fc1ccc(Sc2ccc3nnc(-c4ccccc4F)n3n2)cc1F. The van der Waals surface area contributed by atoms with Crippen LogP contribution in [0.4, 0.5) is 13.2 Å². The van der Waals surface area contributed by atoms with E-state index in [0.717, 1.165) is 23.9 Å². The Morgan fingerprint density at radius 2 is 1.64 bits per heavy atom. The van der Waals surface area contributed by atoms with Crippen molar-refractivity contribution in [2.75, 3.05) is 0 Å². The lowest BCUT2D eigenvalue weighted by atomic mass is 10.2. The second-order valence-corrected chi connectivity index (χ2v) is 6.22. The highest BCUT2D eigenvalue weighted by molar-refractivity contribution is 7.99. The Balaban J connectivity index is 1.76. The molecule has 0 N–H and O–H groups in total. The van der Waals surface area contributed by atoms with Crippen molar-refractivity contribution in [3.05, 3.63) is 72.0 Å². The number of hydrogen-bond acceptors (Lipinski definition) is 4. The van der Waals surface area contributed by atoms with E-state index in [4.69, 9.17) is 0 Å². The number of halogens is 3. The third-order valence-corrected chi connectivity index (χ3v) is 4.38. The van der Waals surface area contributed by atoms with E-state index in [0.29, 0.717) is 15.6 Å². The predicted molar refractivity (Wildman–Crippen MR) is 86.7 cm³/mol. The van der Waals surface area contributed by atoms with Crippen molar-refractivity contribution in [2.24, 2.45) is 0 Å². The van der Waals surface area contributed by atoms with Gasteiger partial charge in [0.2, 0.25) is 0 Å². The van der Waals surface area contributed by atoms with Gasteiger partial charge in [0.05, 0.1) is 5.56 Å². The van der Waals surface area contributed by atoms with Crippen molar-refractivity contribution in [3.8, 4) is 11.4 Å². The number of nitrogens with zero attached hydrogens (tertiary/aromatic N) is 4. The van der Waals surface area contributed by atoms with E-state index >= 15 is 0 Å². The van der Waals surface area contributed by atoms with Crippen LogP contribution in [0, 0.1) is 17.5 Å². The Kier molecular flexibility index (Phi) is 3.89. The Bertz CT molecular complexity index is 1080. The number of rotatable bonds is 3. The fraction of sp³-hybridized carbons (Fsp3) is 0. The molecule has 4 rings (SSSR count). The van der Waals surface area contributed by atoms with Gasteiger partial charge in [-0.3, -0.25) is 0 Å². The van der Waals surface area contributed by atoms with Crippen LogP contribution in [0.5, 0.6) is 0 Å². The Hall–Kier alpha value is -2.87. The molecular weight excluding hydrogens is 349 g/mol. The van der Waals surface area contributed by atoms with Crippen molar-refractivity contribution in [1.82, 2.24) is 19.8 Å². The molecule has 0 unspecified atom stereocenters. The molecule has 0 radical (unpaired) electrons. The number of benzene rings is 2. The van der Waals surface area contributed by atoms with Crippen molar-refractivity contribution in [1.29, 1.82) is 0 Å². The van der Waals surface area contributed by atoms with Gasteiger partial charge in [-0.15, -0.1) is 10.2 Å². The molecule has 0 amide bonds. The zero-order chi connectivity index (χ0) is 17.4. The number of fused-ring (bicyclic) bond motifs is 1. The summed E-state index contributed by atoms with van der Waals surface area (Å²) in [5.74, 6) is -2.01. The Morgan fingerprint density at radius 1 is 0.800 bits per heavy atom. The molecule has 4 aromatic rings. The zero-order valence-corrected chi connectivity index (χ0v) is 13.3. The van der Waals surface area contributed by atoms with Crippen molar-refractivity contribution >= 4 is 17.4 Å². The average Bonchev–Trinajstić information content (AvgIpc) is 3.02. The zero-order valence-electron chi connectivity index (χ0n) is 12.5. The van der Waals surface area contributed by atoms with E-state index in [1.807, 2.05) is 0 Å². The first-order valence-corrected chi connectivity index (χ1v) is 8.04. The van der Waals surface area contributed by atoms with Gasteiger partial charge in [-0.05, 0) is 42.5 Å². The summed E-state index contributed by atoms with van der Waals surface area (Å²) in [6.45, 7) is 0. The van der Waals surface area contributed by atoms with Gasteiger partial charge >= 0.3 is 0 Å². The van der Waals surface area contributed by atoms with E-state index in [1.54, 1.807) is 30.3 Å². The molecule has 0 fully saturated rings. The second-order valence-electron chi connectivity index (χ2n) is 5.12. The maximum Gasteiger partial charge on any atom is 0.188 e. The highest BCUT2D eigenvalue weighted by atomic mass is 32.2. The monoisotopic (exact) mass is 358 g/mol. The van der Waals surface area contributed by atoms with Crippen molar-refractivity contribution < 1.29 is 13.2 Å². The molecule has 0 aliphatic heterocycles. The molecule has 0 aliphatic rings.